The molecule has 2 aromatic rings. The van der Waals surface area contributed by atoms with Crippen LogP contribution >= 0.6 is 11.3 Å². The summed E-state index contributed by atoms with van der Waals surface area (Å²) < 4.78 is 5.77. The number of benzene rings is 1. The number of nitrogens with zero attached hydrogens (tertiary/aromatic N) is 3. The van der Waals surface area contributed by atoms with Crippen LogP contribution in [0.1, 0.15) is 21.1 Å². The number of carbonyl (C=O) groups is 1. The topological polar surface area (TPSA) is 45.7 Å². The fraction of sp³-hybridized carbons (Fsp3) is 0.412. The van der Waals surface area contributed by atoms with Crippen molar-refractivity contribution in [3.63, 3.8) is 0 Å². The second-order valence-corrected chi connectivity index (χ2v) is 6.83. The Morgan fingerprint density at radius 1 is 1.30 bits per heavy atom. The molecule has 0 spiro atoms. The molecule has 0 atom stereocenters. The molecule has 23 heavy (non-hydrogen) atoms. The molecule has 0 saturated carbocycles. The molecule has 2 heterocycles. The van der Waals surface area contributed by atoms with Gasteiger partial charge in [0, 0.05) is 37.1 Å². The van der Waals surface area contributed by atoms with Crippen LogP contribution < -0.4 is 4.74 Å². The molecule has 0 bridgehead atoms. The monoisotopic (exact) mass is 331 g/mol. The molecule has 1 aromatic carbocycles. The highest BCUT2D eigenvalue weighted by Crippen LogP contribution is 2.18. The predicted octanol–water partition coefficient (Wildman–Crippen LogP) is 2.42. The fourth-order valence-electron chi connectivity index (χ4n) is 2.54. The molecule has 3 rings (SSSR count). The third kappa shape index (κ3) is 4.09. The van der Waals surface area contributed by atoms with Gasteiger partial charge >= 0.3 is 0 Å². The molecular weight excluding hydrogens is 310 g/mol. The average Bonchev–Trinajstić information content (AvgIpc) is 2.99. The van der Waals surface area contributed by atoms with E-state index >= 15 is 0 Å². The van der Waals surface area contributed by atoms with Gasteiger partial charge in [0.25, 0.3) is 5.91 Å². The first kappa shape index (κ1) is 16.0. The Kier molecular flexibility index (Phi) is 4.93. The van der Waals surface area contributed by atoms with E-state index < -0.39 is 0 Å². The van der Waals surface area contributed by atoms with Crippen LogP contribution in [-0.4, -0.2) is 53.9 Å². The van der Waals surface area contributed by atoms with Gasteiger partial charge in [0.1, 0.15) is 12.4 Å². The lowest BCUT2D eigenvalue weighted by atomic mass is 10.1. The van der Waals surface area contributed by atoms with Crippen molar-refractivity contribution in [2.24, 2.45) is 0 Å². The summed E-state index contributed by atoms with van der Waals surface area (Å²) in [4.78, 5) is 21.1. The van der Waals surface area contributed by atoms with Gasteiger partial charge in [-0.2, -0.15) is 0 Å². The van der Waals surface area contributed by atoms with Crippen molar-refractivity contribution < 1.29 is 9.53 Å². The largest absolute Gasteiger partial charge is 0.487 e. The highest BCUT2D eigenvalue weighted by atomic mass is 32.1. The minimum atomic E-state index is 0.0769. The van der Waals surface area contributed by atoms with Crippen molar-refractivity contribution in [1.82, 2.24) is 14.8 Å². The summed E-state index contributed by atoms with van der Waals surface area (Å²) in [6.07, 6.45) is 0. The molecule has 1 aliphatic rings. The third-order valence-corrected chi connectivity index (χ3v) is 4.75. The van der Waals surface area contributed by atoms with E-state index in [1.165, 1.54) is 0 Å². The molecule has 0 N–H and O–H groups in total. The Bertz CT molecular complexity index is 678. The summed E-state index contributed by atoms with van der Waals surface area (Å²) in [6, 6.07) is 7.41. The van der Waals surface area contributed by atoms with E-state index in [9.17, 15) is 4.79 Å². The van der Waals surface area contributed by atoms with Crippen LogP contribution in [-0.2, 0) is 6.61 Å². The Balaban J connectivity index is 1.63. The first-order valence-corrected chi connectivity index (χ1v) is 8.61. The van der Waals surface area contributed by atoms with E-state index in [1.807, 2.05) is 41.5 Å². The summed E-state index contributed by atoms with van der Waals surface area (Å²) in [6.45, 7) is 5.80. The smallest absolute Gasteiger partial charge is 0.254 e. The van der Waals surface area contributed by atoms with Gasteiger partial charge in [0.2, 0.25) is 0 Å². The zero-order valence-electron chi connectivity index (χ0n) is 13.5. The van der Waals surface area contributed by atoms with Gasteiger partial charge in [-0.05, 0) is 32.2 Å². The average molecular weight is 331 g/mol. The van der Waals surface area contributed by atoms with Crippen molar-refractivity contribution in [2.45, 2.75) is 13.5 Å². The van der Waals surface area contributed by atoms with Crippen LogP contribution in [0, 0.1) is 6.92 Å². The molecule has 1 aliphatic heterocycles. The van der Waals surface area contributed by atoms with E-state index in [0.29, 0.717) is 17.9 Å². The SMILES string of the molecule is Cc1nc(COc2cccc(C(=O)N3CCN(C)CC3)c2)cs1. The summed E-state index contributed by atoms with van der Waals surface area (Å²) in [7, 11) is 2.08. The summed E-state index contributed by atoms with van der Waals surface area (Å²) in [5.74, 6) is 0.781. The molecule has 1 fully saturated rings. The van der Waals surface area contributed by atoms with Crippen molar-refractivity contribution in [3.05, 3.63) is 45.9 Å². The number of piperazine rings is 1. The van der Waals surface area contributed by atoms with Crippen LogP contribution in [0.5, 0.6) is 5.75 Å². The molecule has 0 radical (unpaired) electrons. The van der Waals surface area contributed by atoms with Gasteiger partial charge < -0.3 is 14.5 Å². The molecule has 0 unspecified atom stereocenters. The maximum atomic E-state index is 12.6. The number of aryl methyl sites for hydroxylation is 1. The highest BCUT2D eigenvalue weighted by Gasteiger charge is 2.20. The fourth-order valence-corrected chi connectivity index (χ4v) is 3.14. The quantitative estimate of drug-likeness (QED) is 0.863. The van der Waals surface area contributed by atoms with Crippen molar-refractivity contribution in [1.29, 1.82) is 0 Å². The predicted molar refractivity (Wildman–Crippen MR) is 91.0 cm³/mol. The Morgan fingerprint density at radius 3 is 2.78 bits per heavy atom. The van der Waals surface area contributed by atoms with Crippen molar-refractivity contribution in [3.8, 4) is 5.75 Å². The number of thiazole rings is 1. The first-order valence-electron chi connectivity index (χ1n) is 7.73. The number of hydrogen-bond acceptors (Lipinski definition) is 5. The maximum absolute atomic E-state index is 12.6. The van der Waals surface area contributed by atoms with E-state index in [2.05, 4.69) is 16.9 Å². The van der Waals surface area contributed by atoms with Crippen molar-refractivity contribution >= 4 is 17.2 Å². The highest BCUT2D eigenvalue weighted by molar-refractivity contribution is 7.09. The zero-order chi connectivity index (χ0) is 16.2. The van der Waals surface area contributed by atoms with Crippen LogP contribution in [0.15, 0.2) is 29.6 Å². The second-order valence-electron chi connectivity index (χ2n) is 5.77. The van der Waals surface area contributed by atoms with Gasteiger partial charge in [0.15, 0.2) is 0 Å². The Morgan fingerprint density at radius 2 is 2.09 bits per heavy atom. The lowest BCUT2D eigenvalue weighted by molar-refractivity contribution is 0.0663. The Hall–Kier alpha value is -1.92. The molecule has 1 amide bonds. The molecule has 0 aliphatic carbocycles. The van der Waals surface area contributed by atoms with Crippen LogP contribution in [0.2, 0.25) is 0 Å². The number of amides is 1. The molecule has 122 valence electrons. The van der Waals surface area contributed by atoms with Crippen LogP contribution in [0.4, 0.5) is 0 Å². The second kappa shape index (κ2) is 7.10. The first-order chi connectivity index (χ1) is 11.1. The van der Waals surface area contributed by atoms with Gasteiger partial charge in [-0.1, -0.05) is 6.07 Å². The van der Waals surface area contributed by atoms with Crippen LogP contribution in [0.25, 0.3) is 0 Å². The maximum Gasteiger partial charge on any atom is 0.254 e. The lowest BCUT2D eigenvalue weighted by Gasteiger charge is -2.32. The number of rotatable bonds is 4. The third-order valence-electron chi connectivity index (χ3n) is 3.92. The number of hydrogen-bond donors (Lipinski definition) is 0. The number of ether oxygens (including phenoxy) is 1. The van der Waals surface area contributed by atoms with Gasteiger partial charge in [-0.15, -0.1) is 11.3 Å². The molecular formula is C17H21N3O2S. The lowest BCUT2D eigenvalue weighted by Crippen LogP contribution is -2.47. The molecule has 1 saturated heterocycles. The molecule has 5 nitrogen and oxygen atoms in total. The van der Waals surface area contributed by atoms with Gasteiger partial charge in [-0.3, -0.25) is 4.79 Å². The summed E-state index contributed by atoms with van der Waals surface area (Å²) in [5, 5.41) is 3.02. The minimum absolute atomic E-state index is 0.0769. The summed E-state index contributed by atoms with van der Waals surface area (Å²) in [5.41, 5.74) is 1.60. The summed E-state index contributed by atoms with van der Waals surface area (Å²) >= 11 is 1.61. The van der Waals surface area contributed by atoms with E-state index in [0.717, 1.165) is 36.9 Å². The standard InChI is InChI=1S/C17H21N3O2S/c1-13-18-15(12-23-13)11-22-16-5-3-4-14(10-16)17(21)20-8-6-19(2)7-9-20/h3-5,10,12H,6-9,11H2,1-2H3. The van der Waals surface area contributed by atoms with Gasteiger partial charge in [-0.25, -0.2) is 4.98 Å². The van der Waals surface area contributed by atoms with E-state index in [1.54, 1.807) is 11.3 Å². The normalized spacial score (nSPS) is 15.7. The zero-order valence-corrected chi connectivity index (χ0v) is 14.3. The van der Waals surface area contributed by atoms with Crippen LogP contribution in [0.3, 0.4) is 0 Å². The minimum Gasteiger partial charge on any atom is -0.487 e. The van der Waals surface area contributed by atoms with E-state index in [4.69, 9.17) is 4.74 Å². The Labute approximate surface area is 140 Å². The van der Waals surface area contributed by atoms with Gasteiger partial charge in [0.05, 0.1) is 10.7 Å². The number of carbonyl (C=O) groups excluding carboxylic acids is 1. The number of aromatic nitrogens is 1. The molecule has 1 aromatic heterocycles. The van der Waals surface area contributed by atoms with Crippen molar-refractivity contribution in [2.75, 3.05) is 33.2 Å². The van der Waals surface area contributed by atoms with E-state index in [-0.39, 0.29) is 5.91 Å². The molecule has 6 heteroatoms. The number of likely N-dealkylation sites (N-methyl/N-ethyl adjacent to an activating group) is 1.